The quantitative estimate of drug-likeness (QED) is 0.646. The van der Waals surface area contributed by atoms with E-state index >= 15 is 0 Å². The SMILES string of the molecule is COc1ccc(CCNC(=O)c2nnc(Cc3ccc(C)cc3)o2)cc1OC. The molecular formula is C21H23N3O4. The fraction of sp³-hybridized carbons (Fsp3) is 0.286. The fourth-order valence-electron chi connectivity index (χ4n) is 2.73. The van der Waals surface area contributed by atoms with Crippen molar-refractivity contribution < 1.29 is 18.7 Å². The Balaban J connectivity index is 1.53. The first kappa shape index (κ1) is 19.4. The van der Waals surface area contributed by atoms with Crippen LogP contribution in [0.1, 0.15) is 33.3 Å². The van der Waals surface area contributed by atoms with Crippen molar-refractivity contribution in [3.05, 3.63) is 70.9 Å². The summed E-state index contributed by atoms with van der Waals surface area (Å²) in [5.41, 5.74) is 3.25. The number of aromatic nitrogens is 2. The molecule has 2 aromatic carbocycles. The Morgan fingerprint density at radius 3 is 2.43 bits per heavy atom. The zero-order valence-corrected chi connectivity index (χ0v) is 16.2. The lowest BCUT2D eigenvalue weighted by molar-refractivity contribution is 0.0918. The highest BCUT2D eigenvalue weighted by atomic mass is 16.5. The van der Waals surface area contributed by atoms with Crippen LogP contribution in [0.15, 0.2) is 46.9 Å². The Bertz CT molecular complexity index is 935. The molecule has 0 bridgehead atoms. The van der Waals surface area contributed by atoms with E-state index < -0.39 is 0 Å². The molecule has 3 rings (SSSR count). The average molecular weight is 381 g/mol. The highest BCUT2D eigenvalue weighted by molar-refractivity contribution is 5.89. The van der Waals surface area contributed by atoms with Crippen LogP contribution < -0.4 is 14.8 Å². The molecular weight excluding hydrogens is 358 g/mol. The molecule has 7 heteroatoms. The lowest BCUT2D eigenvalue weighted by Crippen LogP contribution is -2.26. The molecule has 0 radical (unpaired) electrons. The number of nitrogens with zero attached hydrogens (tertiary/aromatic N) is 2. The van der Waals surface area contributed by atoms with Gasteiger partial charge in [-0.25, -0.2) is 0 Å². The monoisotopic (exact) mass is 381 g/mol. The zero-order valence-electron chi connectivity index (χ0n) is 16.2. The molecule has 7 nitrogen and oxygen atoms in total. The van der Waals surface area contributed by atoms with E-state index in [9.17, 15) is 4.79 Å². The molecule has 0 unspecified atom stereocenters. The van der Waals surface area contributed by atoms with Gasteiger partial charge in [-0.1, -0.05) is 35.9 Å². The van der Waals surface area contributed by atoms with Crippen LogP contribution in [0.2, 0.25) is 0 Å². The van der Waals surface area contributed by atoms with Crippen LogP contribution in [0.25, 0.3) is 0 Å². The molecule has 0 aliphatic heterocycles. The number of amides is 1. The van der Waals surface area contributed by atoms with E-state index in [1.807, 2.05) is 49.4 Å². The Morgan fingerprint density at radius 2 is 1.71 bits per heavy atom. The van der Waals surface area contributed by atoms with Gasteiger partial charge in [0.05, 0.1) is 20.6 Å². The van der Waals surface area contributed by atoms with Crippen molar-refractivity contribution in [1.29, 1.82) is 0 Å². The first-order valence-corrected chi connectivity index (χ1v) is 8.96. The minimum absolute atomic E-state index is 0.0329. The van der Waals surface area contributed by atoms with Crippen molar-refractivity contribution in [2.24, 2.45) is 0 Å². The van der Waals surface area contributed by atoms with E-state index in [1.165, 1.54) is 5.56 Å². The van der Waals surface area contributed by atoms with Crippen LogP contribution in [0.5, 0.6) is 11.5 Å². The number of hydrogen-bond acceptors (Lipinski definition) is 6. The van der Waals surface area contributed by atoms with Crippen LogP contribution in [-0.4, -0.2) is 36.9 Å². The van der Waals surface area contributed by atoms with Gasteiger partial charge in [-0.3, -0.25) is 4.79 Å². The van der Waals surface area contributed by atoms with Gasteiger partial charge in [-0.2, -0.15) is 0 Å². The molecule has 1 N–H and O–H groups in total. The lowest BCUT2D eigenvalue weighted by atomic mass is 10.1. The number of hydrogen-bond donors (Lipinski definition) is 1. The third-order valence-corrected chi connectivity index (χ3v) is 4.28. The third kappa shape index (κ3) is 4.88. The maximum absolute atomic E-state index is 12.2. The summed E-state index contributed by atoms with van der Waals surface area (Å²) in [5.74, 6) is 1.32. The largest absolute Gasteiger partial charge is 0.493 e. The smallest absolute Gasteiger partial charge is 0.308 e. The van der Waals surface area contributed by atoms with Gasteiger partial charge < -0.3 is 19.2 Å². The first-order chi connectivity index (χ1) is 13.6. The molecule has 0 saturated carbocycles. The summed E-state index contributed by atoms with van der Waals surface area (Å²) in [6.07, 6.45) is 1.13. The molecule has 1 heterocycles. The molecule has 3 aromatic rings. The van der Waals surface area contributed by atoms with Gasteiger partial charge >= 0.3 is 11.8 Å². The first-order valence-electron chi connectivity index (χ1n) is 8.96. The number of benzene rings is 2. The summed E-state index contributed by atoms with van der Waals surface area (Å²) in [7, 11) is 3.18. The molecule has 146 valence electrons. The summed E-state index contributed by atoms with van der Waals surface area (Å²) >= 11 is 0. The molecule has 1 aromatic heterocycles. The summed E-state index contributed by atoms with van der Waals surface area (Å²) in [4.78, 5) is 12.2. The topological polar surface area (TPSA) is 86.5 Å². The van der Waals surface area contributed by atoms with Crippen LogP contribution in [0.4, 0.5) is 0 Å². The van der Waals surface area contributed by atoms with E-state index in [-0.39, 0.29) is 11.8 Å². The number of aryl methyl sites for hydroxylation is 1. The summed E-state index contributed by atoms with van der Waals surface area (Å²) in [5, 5.41) is 10.6. The molecule has 0 aliphatic carbocycles. The number of ether oxygens (including phenoxy) is 2. The van der Waals surface area contributed by atoms with Crippen molar-refractivity contribution in [3.8, 4) is 11.5 Å². The fourth-order valence-corrected chi connectivity index (χ4v) is 2.73. The van der Waals surface area contributed by atoms with E-state index in [4.69, 9.17) is 13.9 Å². The molecule has 0 spiro atoms. The Morgan fingerprint density at radius 1 is 1.00 bits per heavy atom. The van der Waals surface area contributed by atoms with Crippen molar-refractivity contribution in [2.45, 2.75) is 19.8 Å². The third-order valence-electron chi connectivity index (χ3n) is 4.28. The number of carbonyl (C=O) groups excluding carboxylic acids is 1. The molecule has 0 fully saturated rings. The summed E-state index contributed by atoms with van der Waals surface area (Å²) < 4.78 is 16.0. The number of nitrogens with one attached hydrogen (secondary N) is 1. The van der Waals surface area contributed by atoms with E-state index in [1.54, 1.807) is 14.2 Å². The predicted molar refractivity (Wildman–Crippen MR) is 104 cm³/mol. The van der Waals surface area contributed by atoms with E-state index in [0.29, 0.717) is 36.8 Å². The van der Waals surface area contributed by atoms with Crippen molar-refractivity contribution in [2.75, 3.05) is 20.8 Å². The van der Waals surface area contributed by atoms with Crippen molar-refractivity contribution in [3.63, 3.8) is 0 Å². The summed E-state index contributed by atoms with van der Waals surface area (Å²) in [6, 6.07) is 13.7. The molecule has 1 amide bonds. The Labute approximate surface area is 163 Å². The van der Waals surface area contributed by atoms with Gasteiger partial charge in [0.2, 0.25) is 5.89 Å². The second-order valence-electron chi connectivity index (χ2n) is 6.36. The lowest BCUT2D eigenvalue weighted by Gasteiger charge is -2.09. The highest BCUT2D eigenvalue weighted by Gasteiger charge is 2.15. The standard InChI is InChI=1S/C21H23N3O4/c1-14-4-6-15(7-5-14)13-19-23-24-21(28-19)20(25)22-11-10-16-8-9-17(26-2)18(12-16)27-3/h4-9,12H,10-11,13H2,1-3H3,(H,22,25). The Kier molecular flexibility index (Phi) is 6.26. The van der Waals surface area contributed by atoms with Crippen LogP contribution in [0.3, 0.4) is 0 Å². The van der Waals surface area contributed by atoms with E-state index in [2.05, 4.69) is 15.5 Å². The van der Waals surface area contributed by atoms with Gasteiger partial charge in [-0.15, -0.1) is 10.2 Å². The van der Waals surface area contributed by atoms with Crippen LogP contribution >= 0.6 is 0 Å². The normalized spacial score (nSPS) is 10.5. The number of methoxy groups -OCH3 is 2. The van der Waals surface area contributed by atoms with Crippen LogP contribution in [0, 0.1) is 6.92 Å². The molecule has 0 aliphatic rings. The van der Waals surface area contributed by atoms with Crippen molar-refractivity contribution >= 4 is 5.91 Å². The summed E-state index contributed by atoms with van der Waals surface area (Å²) in [6.45, 7) is 2.46. The maximum Gasteiger partial charge on any atom is 0.308 e. The highest BCUT2D eigenvalue weighted by Crippen LogP contribution is 2.27. The van der Waals surface area contributed by atoms with Gasteiger partial charge in [0.25, 0.3) is 0 Å². The number of rotatable bonds is 8. The average Bonchev–Trinajstić information content (AvgIpc) is 3.18. The number of carbonyl (C=O) groups is 1. The Hall–Kier alpha value is -3.35. The second kappa shape index (κ2) is 9.03. The van der Waals surface area contributed by atoms with Gasteiger partial charge in [0, 0.05) is 6.54 Å². The van der Waals surface area contributed by atoms with Gasteiger partial charge in [-0.05, 0) is 36.6 Å². The minimum atomic E-state index is -0.386. The molecule has 0 saturated heterocycles. The minimum Gasteiger partial charge on any atom is -0.493 e. The van der Waals surface area contributed by atoms with E-state index in [0.717, 1.165) is 11.1 Å². The van der Waals surface area contributed by atoms with Gasteiger partial charge in [0.1, 0.15) is 0 Å². The van der Waals surface area contributed by atoms with Gasteiger partial charge in [0.15, 0.2) is 11.5 Å². The molecule has 28 heavy (non-hydrogen) atoms. The maximum atomic E-state index is 12.2. The zero-order chi connectivity index (χ0) is 19.9. The predicted octanol–water partition coefficient (Wildman–Crippen LogP) is 2.96. The van der Waals surface area contributed by atoms with Crippen molar-refractivity contribution in [1.82, 2.24) is 15.5 Å². The van der Waals surface area contributed by atoms with Crippen LogP contribution in [-0.2, 0) is 12.8 Å². The molecule has 0 atom stereocenters. The second-order valence-corrected chi connectivity index (χ2v) is 6.36.